The number of ether oxygens (including phenoxy) is 2. The fourth-order valence-corrected chi connectivity index (χ4v) is 4.99. The third-order valence-corrected chi connectivity index (χ3v) is 6.93. The van der Waals surface area contributed by atoms with E-state index in [2.05, 4.69) is 22.8 Å². The number of nitrogens with one attached hydrogen (secondary N) is 2. The molecule has 2 aliphatic rings. The Labute approximate surface area is 202 Å². The molecule has 3 N–H and O–H groups in total. The van der Waals surface area contributed by atoms with Gasteiger partial charge in [-0.25, -0.2) is 9.59 Å². The number of benzene rings is 2. The SMILES string of the molecule is CSCC[C@@H](NC(=O)C1COCC1NC(=O)OCC1c2ccccc2-c2ccccc21)C(=O)O. The number of hydrogen-bond acceptors (Lipinski definition) is 6. The van der Waals surface area contributed by atoms with Crippen LogP contribution in [0.3, 0.4) is 0 Å². The smallest absolute Gasteiger partial charge is 0.407 e. The van der Waals surface area contributed by atoms with Gasteiger partial charge in [-0.05, 0) is 40.7 Å². The highest BCUT2D eigenvalue weighted by atomic mass is 32.2. The van der Waals surface area contributed by atoms with Crippen molar-refractivity contribution < 1.29 is 29.0 Å². The maximum Gasteiger partial charge on any atom is 0.407 e. The molecular weight excluding hydrogens is 456 g/mol. The fraction of sp³-hybridized carbons (Fsp3) is 0.400. The Hall–Kier alpha value is -3.04. The summed E-state index contributed by atoms with van der Waals surface area (Å²) in [5.41, 5.74) is 4.51. The number of alkyl carbamates (subject to hydrolysis) is 1. The largest absolute Gasteiger partial charge is 0.480 e. The zero-order valence-corrected chi connectivity index (χ0v) is 19.7. The molecule has 180 valence electrons. The van der Waals surface area contributed by atoms with Crippen molar-refractivity contribution >= 4 is 29.7 Å². The van der Waals surface area contributed by atoms with E-state index in [-0.39, 0.29) is 25.7 Å². The van der Waals surface area contributed by atoms with Crippen LogP contribution in [0.1, 0.15) is 23.5 Å². The van der Waals surface area contributed by atoms with Gasteiger partial charge in [0.25, 0.3) is 0 Å². The Morgan fingerprint density at radius 3 is 2.35 bits per heavy atom. The Kier molecular flexibility index (Phi) is 7.74. The van der Waals surface area contributed by atoms with Crippen molar-refractivity contribution in [2.45, 2.75) is 24.4 Å². The van der Waals surface area contributed by atoms with E-state index in [0.717, 1.165) is 22.3 Å². The summed E-state index contributed by atoms with van der Waals surface area (Å²) in [6.45, 7) is 0.430. The van der Waals surface area contributed by atoms with Crippen LogP contribution in [-0.2, 0) is 19.1 Å². The molecule has 1 saturated heterocycles. The number of carboxylic acids is 1. The number of carbonyl (C=O) groups excluding carboxylic acids is 2. The molecule has 0 radical (unpaired) electrons. The first-order valence-corrected chi connectivity index (χ1v) is 12.6. The number of carboxylic acid groups (broad SMARTS) is 1. The molecule has 2 aromatic carbocycles. The first-order chi connectivity index (χ1) is 16.5. The first-order valence-electron chi connectivity index (χ1n) is 11.2. The predicted octanol–water partition coefficient (Wildman–Crippen LogP) is 2.86. The Morgan fingerprint density at radius 1 is 1.09 bits per heavy atom. The summed E-state index contributed by atoms with van der Waals surface area (Å²) in [5, 5.41) is 14.7. The van der Waals surface area contributed by atoms with Crippen molar-refractivity contribution in [3.63, 3.8) is 0 Å². The van der Waals surface area contributed by atoms with Gasteiger partial charge in [0.2, 0.25) is 5.91 Å². The molecule has 8 nitrogen and oxygen atoms in total. The molecule has 1 fully saturated rings. The summed E-state index contributed by atoms with van der Waals surface area (Å²) < 4.78 is 11.0. The van der Waals surface area contributed by atoms with Gasteiger partial charge in [-0.3, -0.25) is 4.79 Å². The van der Waals surface area contributed by atoms with Crippen molar-refractivity contribution in [3.8, 4) is 11.1 Å². The van der Waals surface area contributed by atoms with E-state index >= 15 is 0 Å². The standard InChI is InChI=1S/C25H28N2O6S/c1-34-11-10-21(24(29)30)26-23(28)20-12-32-14-22(20)27-25(31)33-13-19-17-8-4-2-6-15(17)16-7-3-5-9-18(16)19/h2-9,19-22H,10-14H2,1H3,(H,26,28)(H,27,31)(H,29,30)/t20?,21-,22?/m1/s1. The van der Waals surface area contributed by atoms with Gasteiger partial charge >= 0.3 is 12.1 Å². The van der Waals surface area contributed by atoms with E-state index in [4.69, 9.17) is 9.47 Å². The van der Waals surface area contributed by atoms with Gasteiger partial charge in [-0.2, -0.15) is 11.8 Å². The summed E-state index contributed by atoms with van der Waals surface area (Å²) in [6.07, 6.45) is 1.56. The van der Waals surface area contributed by atoms with Gasteiger partial charge < -0.3 is 25.2 Å². The second-order valence-corrected chi connectivity index (χ2v) is 9.39. The normalized spacial score (nSPS) is 19.7. The van der Waals surface area contributed by atoms with Crippen molar-refractivity contribution in [2.75, 3.05) is 31.8 Å². The third kappa shape index (κ3) is 5.20. The molecule has 0 aromatic heterocycles. The summed E-state index contributed by atoms with van der Waals surface area (Å²) in [7, 11) is 0. The van der Waals surface area contributed by atoms with Crippen molar-refractivity contribution in [1.29, 1.82) is 0 Å². The van der Waals surface area contributed by atoms with E-state index in [1.807, 2.05) is 42.7 Å². The average Bonchev–Trinajstić information content (AvgIpc) is 3.42. The van der Waals surface area contributed by atoms with Gasteiger partial charge in [-0.1, -0.05) is 48.5 Å². The van der Waals surface area contributed by atoms with Crippen LogP contribution < -0.4 is 10.6 Å². The molecule has 0 spiro atoms. The van der Waals surface area contributed by atoms with Gasteiger partial charge in [0.15, 0.2) is 0 Å². The zero-order chi connectivity index (χ0) is 24.1. The van der Waals surface area contributed by atoms with Gasteiger partial charge in [-0.15, -0.1) is 0 Å². The molecule has 3 atom stereocenters. The highest BCUT2D eigenvalue weighted by molar-refractivity contribution is 7.98. The van der Waals surface area contributed by atoms with Crippen LogP contribution >= 0.6 is 11.8 Å². The topological polar surface area (TPSA) is 114 Å². The van der Waals surface area contributed by atoms with Crippen molar-refractivity contribution in [1.82, 2.24) is 10.6 Å². The Balaban J connectivity index is 1.35. The number of rotatable bonds is 9. The number of carbonyl (C=O) groups is 3. The first kappa shape index (κ1) is 24.1. The number of aliphatic carboxylic acids is 1. The molecule has 9 heteroatoms. The molecule has 34 heavy (non-hydrogen) atoms. The fourth-order valence-electron chi connectivity index (χ4n) is 4.52. The second kappa shape index (κ2) is 10.9. The lowest BCUT2D eigenvalue weighted by Gasteiger charge is -2.21. The number of thioether (sulfide) groups is 1. The Bertz CT molecular complexity index is 1020. The predicted molar refractivity (Wildman–Crippen MR) is 129 cm³/mol. The molecule has 1 heterocycles. The molecule has 0 bridgehead atoms. The lowest BCUT2D eigenvalue weighted by atomic mass is 9.98. The van der Waals surface area contributed by atoms with Gasteiger partial charge in [0, 0.05) is 5.92 Å². The Morgan fingerprint density at radius 2 is 1.74 bits per heavy atom. The van der Waals surface area contributed by atoms with Crippen LogP contribution in [0, 0.1) is 5.92 Å². The number of amides is 2. The molecule has 2 aromatic rings. The van der Waals surface area contributed by atoms with Crippen LogP contribution in [0.5, 0.6) is 0 Å². The molecule has 1 aliphatic carbocycles. The van der Waals surface area contributed by atoms with Crippen LogP contribution in [0.2, 0.25) is 0 Å². The summed E-state index contributed by atoms with van der Waals surface area (Å²) in [6, 6.07) is 14.6. The van der Waals surface area contributed by atoms with Gasteiger partial charge in [0.1, 0.15) is 12.6 Å². The molecule has 4 rings (SSSR count). The van der Waals surface area contributed by atoms with Crippen LogP contribution in [0.15, 0.2) is 48.5 Å². The molecule has 2 unspecified atom stereocenters. The number of hydrogen-bond donors (Lipinski definition) is 3. The van der Waals surface area contributed by atoms with Gasteiger partial charge in [0.05, 0.1) is 25.2 Å². The maximum atomic E-state index is 12.7. The molecule has 2 amide bonds. The summed E-state index contributed by atoms with van der Waals surface area (Å²) in [4.78, 5) is 36.8. The quantitative estimate of drug-likeness (QED) is 0.501. The van der Waals surface area contributed by atoms with Crippen LogP contribution in [-0.4, -0.2) is 67.0 Å². The lowest BCUT2D eigenvalue weighted by molar-refractivity contribution is -0.142. The highest BCUT2D eigenvalue weighted by Gasteiger charge is 2.37. The summed E-state index contributed by atoms with van der Waals surface area (Å²) >= 11 is 1.51. The van der Waals surface area contributed by atoms with E-state index in [1.165, 1.54) is 11.8 Å². The van der Waals surface area contributed by atoms with E-state index < -0.39 is 36.0 Å². The van der Waals surface area contributed by atoms with Crippen molar-refractivity contribution in [2.24, 2.45) is 5.92 Å². The summed E-state index contributed by atoms with van der Waals surface area (Å²) in [5.74, 6) is -1.67. The minimum atomic E-state index is -1.08. The van der Waals surface area contributed by atoms with E-state index in [1.54, 1.807) is 0 Å². The molecule has 0 saturated carbocycles. The molecular formula is C25H28N2O6S. The second-order valence-electron chi connectivity index (χ2n) is 8.40. The maximum absolute atomic E-state index is 12.7. The zero-order valence-electron chi connectivity index (χ0n) is 18.9. The number of fused-ring (bicyclic) bond motifs is 3. The monoisotopic (exact) mass is 484 g/mol. The molecule has 1 aliphatic heterocycles. The minimum absolute atomic E-state index is 0.0650. The highest BCUT2D eigenvalue weighted by Crippen LogP contribution is 2.44. The van der Waals surface area contributed by atoms with Crippen LogP contribution in [0.4, 0.5) is 4.79 Å². The minimum Gasteiger partial charge on any atom is -0.480 e. The van der Waals surface area contributed by atoms with E-state index in [0.29, 0.717) is 12.2 Å². The lowest BCUT2D eigenvalue weighted by Crippen LogP contribution is -2.50. The third-order valence-electron chi connectivity index (χ3n) is 6.29. The van der Waals surface area contributed by atoms with Crippen LogP contribution in [0.25, 0.3) is 11.1 Å². The van der Waals surface area contributed by atoms with Crippen molar-refractivity contribution in [3.05, 3.63) is 59.7 Å². The average molecular weight is 485 g/mol. The van der Waals surface area contributed by atoms with E-state index in [9.17, 15) is 19.5 Å².